The number of anilines is 1. The van der Waals surface area contributed by atoms with Crippen LogP contribution >= 0.6 is 15.9 Å². The molecular weight excluding hydrogens is 278 g/mol. The van der Waals surface area contributed by atoms with Gasteiger partial charge in [0.1, 0.15) is 11.5 Å². The van der Waals surface area contributed by atoms with Crippen LogP contribution in [0.4, 0.5) is 5.69 Å². The Morgan fingerprint density at radius 1 is 1.06 bits per heavy atom. The highest BCUT2D eigenvalue weighted by molar-refractivity contribution is 9.10. The molecule has 2 N–H and O–H groups in total. The number of aryl methyl sites for hydroxylation is 2. The predicted octanol–water partition coefficient (Wildman–Crippen LogP) is 4.44. The fourth-order valence-electron chi connectivity index (χ4n) is 1.69. The molecule has 2 aromatic rings. The van der Waals surface area contributed by atoms with Crippen molar-refractivity contribution in [3.63, 3.8) is 0 Å². The van der Waals surface area contributed by atoms with Gasteiger partial charge in [-0.25, -0.2) is 0 Å². The van der Waals surface area contributed by atoms with Crippen molar-refractivity contribution in [2.45, 2.75) is 13.8 Å². The summed E-state index contributed by atoms with van der Waals surface area (Å²) in [5.41, 5.74) is 8.68. The van der Waals surface area contributed by atoms with Crippen molar-refractivity contribution in [3.8, 4) is 11.5 Å². The molecule has 2 aromatic carbocycles. The Morgan fingerprint density at radius 2 is 1.82 bits per heavy atom. The van der Waals surface area contributed by atoms with Gasteiger partial charge in [0, 0.05) is 16.2 Å². The molecule has 0 aliphatic rings. The molecule has 0 amide bonds. The molecule has 0 aliphatic heterocycles. The Kier molecular flexibility index (Phi) is 3.38. The third-order valence-corrected chi connectivity index (χ3v) is 2.93. The summed E-state index contributed by atoms with van der Waals surface area (Å²) in [5.74, 6) is 1.62. The number of halogens is 1. The smallest absolute Gasteiger partial charge is 0.130 e. The molecule has 2 nitrogen and oxygen atoms in total. The molecular formula is C14H14BrNO. The van der Waals surface area contributed by atoms with Crippen LogP contribution in [0.1, 0.15) is 11.1 Å². The third-order valence-electron chi connectivity index (χ3n) is 2.44. The number of ether oxygens (including phenoxy) is 1. The lowest BCUT2D eigenvalue weighted by Gasteiger charge is -2.10. The standard InChI is InChI=1S/C14H14BrNO/c1-9-5-12(16)8-13(6-9)17-14-4-3-11(15)7-10(14)2/h3-8H,16H2,1-2H3. The first kappa shape index (κ1) is 12.0. The van der Waals surface area contributed by atoms with Gasteiger partial charge in [-0.3, -0.25) is 0 Å². The van der Waals surface area contributed by atoms with E-state index in [0.717, 1.165) is 32.8 Å². The van der Waals surface area contributed by atoms with Crippen LogP contribution in [-0.4, -0.2) is 0 Å². The highest BCUT2D eigenvalue weighted by atomic mass is 79.9. The van der Waals surface area contributed by atoms with Gasteiger partial charge in [0.2, 0.25) is 0 Å². The van der Waals surface area contributed by atoms with Crippen LogP contribution in [0.2, 0.25) is 0 Å². The van der Waals surface area contributed by atoms with Gasteiger partial charge in [-0.1, -0.05) is 15.9 Å². The number of nitrogens with two attached hydrogens (primary N) is 1. The molecule has 17 heavy (non-hydrogen) atoms. The minimum atomic E-state index is 0.717. The maximum atomic E-state index is 5.82. The normalized spacial score (nSPS) is 10.3. The van der Waals surface area contributed by atoms with Crippen LogP contribution in [-0.2, 0) is 0 Å². The third kappa shape index (κ3) is 3.01. The van der Waals surface area contributed by atoms with Crippen LogP contribution in [0.5, 0.6) is 11.5 Å². The summed E-state index contributed by atoms with van der Waals surface area (Å²) in [4.78, 5) is 0. The summed E-state index contributed by atoms with van der Waals surface area (Å²) in [6.45, 7) is 4.01. The van der Waals surface area contributed by atoms with Crippen molar-refractivity contribution in [2.75, 3.05) is 5.73 Å². The van der Waals surface area contributed by atoms with Crippen LogP contribution in [0, 0.1) is 13.8 Å². The fourth-order valence-corrected chi connectivity index (χ4v) is 2.17. The topological polar surface area (TPSA) is 35.2 Å². The zero-order valence-electron chi connectivity index (χ0n) is 9.83. The largest absolute Gasteiger partial charge is 0.457 e. The molecule has 0 aromatic heterocycles. The number of hydrogen-bond donors (Lipinski definition) is 1. The zero-order valence-corrected chi connectivity index (χ0v) is 11.4. The molecule has 0 fully saturated rings. The molecule has 0 saturated carbocycles. The van der Waals surface area contributed by atoms with Crippen molar-refractivity contribution in [3.05, 3.63) is 52.0 Å². The van der Waals surface area contributed by atoms with Crippen molar-refractivity contribution >= 4 is 21.6 Å². The van der Waals surface area contributed by atoms with Gasteiger partial charge in [0.05, 0.1) is 0 Å². The maximum Gasteiger partial charge on any atom is 0.130 e. The van der Waals surface area contributed by atoms with Gasteiger partial charge in [0.15, 0.2) is 0 Å². The van der Waals surface area contributed by atoms with E-state index in [1.807, 2.05) is 50.2 Å². The molecule has 3 heteroatoms. The molecule has 0 spiro atoms. The van der Waals surface area contributed by atoms with Crippen LogP contribution in [0.15, 0.2) is 40.9 Å². The van der Waals surface area contributed by atoms with Crippen LogP contribution in [0.25, 0.3) is 0 Å². The molecule has 2 rings (SSSR count). The average Bonchev–Trinajstić information content (AvgIpc) is 2.21. The van der Waals surface area contributed by atoms with E-state index in [-0.39, 0.29) is 0 Å². The summed E-state index contributed by atoms with van der Waals surface area (Å²) in [6.07, 6.45) is 0. The van der Waals surface area contributed by atoms with E-state index >= 15 is 0 Å². The van der Waals surface area contributed by atoms with Gasteiger partial charge in [-0.15, -0.1) is 0 Å². The Bertz CT molecular complexity index is 532. The summed E-state index contributed by atoms with van der Waals surface area (Å²) in [6, 6.07) is 11.6. The number of hydrogen-bond acceptors (Lipinski definition) is 2. The molecule has 0 heterocycles. The minimum absolute atomic E-state index is 0.717. The first-order valence-corrected chi connectivity index (χ1v) is 6.15. The first-order chi connectivity index (χ1) is 8.04. The van der Waals surface area contributed by atoms with Gasteiger partial charge in [-0.2, -0.15) is 0 Å². The second-order valence-corrected chi connectivity index (χ2v) is 5.01. The Labute approximate surface area is 110 Å². The van der Waals surface area contributed by atoms with E-state index in [1.165, 1.54) is 0 Å². The van der Waals surface area contributed by atoms with E-state index in [1.54, 1.807) is 0 Å². The van der Waals surface area contributed by atoms with Gasteiger partial charge >= 0.3 is 0 Å². The number of rotatable bonds is 2. The second-order valence-electron chi connectivity index (χ2n) is 4.09. The summed E-state index contributed by atoms with van der Waals surface area (Å²) in [7, 11) is 0. The molecule has 0 saturated heterocycles. The van der Waals surface area contributed by atoms with E-state index < -0.39 is 0 Å². The molecule has 88 valence electrons. The quantitative estimate of drug-likeness (QED) is 0.830. The van der Waals surface area contributed by atoms with Gasteiger partial charge < -0.3 is 10.5 Å². The Balaban J connectivity index is 2.31. The lowest BCUT2D eigenvalue weighted by atomic mass is 10.2. The van der Waals surface area contributed by atoms with E-state index in [9.17, 15) is 0 Å². The van der Waals surface area contributed by atoms with Crippen molar-refractivity contribution in [1.82, 2.24) is 0 Å². The maximum absolute atomic E-state index is 5.82. The van der Waals surface area contributed by atoms with Crippen molar-refractivity contribution < 1.29 is 4.74 Å². The lowest BCUT2D eigenvalue weighted by Crippen LogP contribution is -1.91. The molecule has 0 radical (unpaired) electrons. The highest BCUT2D eigenvalue weighted by Gasteiger charge is 2.03. The number of nitrogen functional groups attached to an aromatic ring is 1. The van der Waals surface area contributed by atoms with Crippen LogP contribution in [0.3, 0.4) is 0 Å². The molecule has 0 atom stereocenters. The molecule has 0 aliphatic carbocycles. The molecule has 0 unspecified atom stereocenters. The number of benzene rings is 2. The van der Waals surface area contributed by atoms with Crippen molar-refractivity contribution in [2.24, 2.45) is 0 Å². The SMILES string of the molecule is Cc1cc(N)cc(Oc2ccc(Br)cc2C)c1. The fraction of sp³-hybridized carbons (Fsp3) is 0.143. The van der Waals surface area contributed by atoms with E-state index in [4.69, 9.17) is 10.5 Å². The Hall–Kier alpha value is -1.48. The van der Waals surface area contributed by atoms with E-state index in [2.05, 4.69) is 15.9 Å². The second kappa shape index (κ2) is 4.80. The summed E-state index contributed by atoms with van der Waals surface area (Å²) >= 11 is 3.43. The lowest BCUT2D eigenvalue weighted by molar-refractivity contribution is 0.478. The Morgan fingerprint density at radius 3 is 2.47 bits per heavy atom. The predicted molar refractivity (Wildman–Crippen MR) is 74.5 cm³/mol. The minimum Gasteiger partial charge on any atom is -0.457 e. The summed E-state index contributed by atoms with van der Waals surface area (Å²) < 4.78 is 6.87. The monoisotopic (exact) mass is 291 g/mol. The first-order valence-electron chi connectivity index (χ1n) is 5.36. The van der Waals surface area contributed by atoms with Crippen molar-refractivity contribution in [1.29, 1.82) is 0 Å². The van der Waals surface area contributed by atoms with Gasteiger partial charge in [-0.05, 0) is 55.3 Å². The van der Waals surface area contributed by atoms with E-state index in [0.29, 0.717) is 0 Å². The average molecular weight is 292 g/mol. The van der Waals surface area contributed by atoms with Gasteiger partial charge in [0.25, 0.3) is 0 Å². The molecule has 0 bridgehead atoms. The summed E-state index contributed by atoms with van der Waals surface area (Å²) in [5, 5.41) is 0. The highest BCUT2D eigenvalue weighted by Crippen LogP contribution is 2.29. The zero-order chi connectivity index (χ0) is 12.4. The van der Waals surface area contributed by atoms with Crippen LogP contribution < -0.4 is 10.5 Å².